The van der Waals surface area contributed by atoms with Gasteiger partial charge >= 0.3 is 82.7 Å². The van der Waals surface area contributed by atoms with Crippen LogP contribution in [0.3, 0.4) is 0 Å². The van der Waals surface area contributed by atoms with Crippen LogP contribution in [0.2, 0.25) is 0 Å². The standard InChI is InChI=1S/C21H25.C8H5F3.C5H5.Zr/c1-20(2,3)16-9-7-14-11-15-8-10-17(21(4,5)6)13-19(15)18(14)12-16;1-6-3-2-4-7(5-6)8(9,10)11;1-2-4-5-3-1;/h7-13H,1-6H3;1-5H;1-5H;/q-1;;-1;+2. The number of hydrogen-bond acceptors (Lipinski definition) is 0. The molecule has 0 heterocycles. The zero-order valence-corrected chi connectivity index (χ0v) is 25.4. The smallest absolute Gasteiger partial charge is 0.172 e. The SMILES string of the molecule is CC(C)(C)c1ccc2[cH-]c3ccc(C(C)(C)C)cc3c2c1.FC(F)(F)c1cccc([CH]=[Zr+2])c1.c1cc[cH-]c1. The van der Waals surface area contributed by atoms with Crippen molar-refractivity contribution in [3.05, 3.63) is 119 Å². The van der Waals surface area contributed by atoms with Crippen molar-refractivity contribution in [2.24, 2.45) is 0 Å². The molecule has 0 unspecified atom stereocenters. The summed E-state index contributed by atoms with van der Waals surface area (Å²) >= 11 is 1.10. The second kappa shape index (κ2) is 12.1. The van der Waals surface area contributed by atoms with E-state index in [1.165, 1.54) is 38.7 Å². The second-order valence-corrected chi connectivity index (χ2v) is 12.2. The zero-order chi connectivity index (χ0) is 28.1. The van der Waals surface area contributed by atoms with Gasteiger partial charge < -0.3 is 0 Å². The molecule has 0 aliphatic heterocycles. The predicted molar refractivity (Wildman–Crippen MR) is 153 cm³/mol. The quantitative estimate of drug-likeness (QED) is 0.170. The first kappa shape index (κ1) is 30.0. The third-order valence-corrected chi connectivity index (χ3v) is 7.20. The molecule has 0 spiro atoms. The van der Waals surface area contributed by atoms with Gasteiger partial charge in [-0.05, 0) is 10.8 Å². The molecule has 0 radical (unpaired) electrons. The van der Waals surface area contributed by atoms with Gasteiger partial charge in [0.05, 0.1) is 0 Å². The van der Waals surface area contributed by atoms with Gasteiger partial charge in [0.1, 0.15) is 0 Å². The van der Waals surface area contributed by atoms with Crippen LogP contribution in [-0.4, -0.2) is 3.71 Å². The number of benzene rings is 3. The van der Waals surface area contributed by atoms with Crippen LogP contribution in [0.15, 0.2) is 97.1 Å². The van der Waals surface area contributed by atoms with E-state index < -0.39 is 11.7 Å². The van der Waals surface area contributed by atoms with E-state index in [0.717, 1.165) is 36.4 Å². The first-order valence-electron chi connectivity index (χ1n) is 12.7. The van der Waals surface area contributed by atoms with Crippen molar-refractivity contribution in [1.29, 1.82) is 0 Å². The molecule has 4 heteroatoms. The summed E-state index contributed by atoms with van der Waals surface area (Å²) in [5, 5.41) is 5.49. The predicted octanol–water partition coefficient (Wildman–Crippen LogP) is 10.1. The second-order valence-electron chi connectivity index (χ2n) is 11.5. The molecule has 0 fully saturated rings. The Bertz CT molecular complexity index is 1390. The minimum atomic E-state index is -4.23. The van der Waals surface area contributed by atoms with Gasteiger partial charge in [-0.25, -0.2) is 12.1 Å². The van der Waals surface area contributed by atoms with Gasteiger partial charge in [-0.1, -0.05) is 76.9 Å². The molecule has 0 nitrogen and oxygen atoms in total. The molecule has 196 valence electrons. The Balaban J connectivity index is 0.000000197. The van der Waals surface area contributed by atoms with E-state index in [0.29, 0.717) is 5.56 Å². The molecule has 5 rings (SSSR count). The summed E-state index contributed by atoms with van der Waals surface area (Å²) in [5.74, 6) is 0. The topological polar surface area (TPSA) is 0 Å². The van der Waals surface area contributed by atoms with Crippen molar-refractivity contribution >= 4 is 25.3 Å². The maximum absolute atomic E-state index is 12.1. The maximum Gasteiger partial charge on any atom is -0.172 e. The first-order valence-corrected chi connectivity index (χ1v) is 14.1. The Morgan fingerprint density at radius 1 is 0.632 bits per heavy atom. The molecule has 0 atom stereocenters. The first-order chi connectivity index (χ1) is 17.7. The number of rotatable bonds is 1. The van der Waals surface area contributed by atoms with Crippen molar-refractivity contribution in [3.63, 3.8) is 0 Å². The van der Waals surface area contributed by atoms with Gasteiger partial charge in [0.25, 0.3) is 0 Å². The average Bonchev–Trinajstić information content (AvgIpc) is 3.54. The van der Waals surface area contributed by atoms with Crippen molar-refractivity contribution in [2.75, 3.05) is 0 Å². The molecule has 0 aliphatic carbocycles. The van der Waals surface area contributed by atoms with Crippen LogP contribution in [-0.2, 0) is 41.2 Å². The van der Waals surface area contributed by atoms with Gasteiger partial charge in [0.15, 0.2) is 0 Å². The molecule has 0 bridgehead atoms. The zero-order valence-electron chi connectivity index (χ0n) is 22.9. The van der Waals surface area contributed by atoms with E-state index in [1.807, 2.05) is 30.3 Å². The summed E-state index contributed by atoms with van der Waals surface area (Å²) in [7, 11) is 0. The molecular weight excluding hydrogens is 557 g/mol. The Morgan fingerprint density at radius 2 is 1.13 bits per heavy atom. The number of fused-ring (bicyclic) bond motifs is 3. The average molecular weight is 592 g/mol. The van der Waals surface area contributed by atoms with Crippen LogP contribution in [0.4, 0.5) is 13.2 Å². The van der Waals surface area contributed by atoms with Crippen molar-refractivity contribution < 1.29 is 37.4 Å². The van der Waals surface area contributed by atoms with Gasteiger partial charge in [-0.2, -0.15) is 18.2 Å². The van der Waals surface area contributed by atoms with E-state index in [-0.39, 0.29) is 10.8 Å². The fourth-order valence-corrected chi connectivity index (χ4v) is 4.50. The third kappa shape index (κ3) is 7.96. The summed E-state index contributed by atoms with van der Waals surface area (Å²) in [6.45, 7) is 13.7. The van der Waals surface area contributed by atoms with Crippen LogP contribution >= 0.6 is 0 Å². The fourth-order valence-electron chi connectivity index (χ4n) is 4.06. The van der Waals surface area contributed by atoms with Crippen molar-refractivity contribution in [3.8, 4) is 0 Å². The van der Waals surface area contributed by atoms with E-state index in [9.17, 15) is 13.2 Å². The largest absolute Gasteiger partial charge is 0.214 e. The molecule has 0 aliphatic rings. The molecule has 0 saturated heterocycles. The minimum Gasteiger partial charge on any atom is -0.214 e. The molecule has 38 heavy (non-hydrogen) atoms. The Morgan fingerprint density at radius 3 is 1.50 bits per heavy atom. The molecule has 0 amide bonds. The molecule has 5 aromatic rings. The van der Waals surface area contributed by atoms with Gasteiger partial charge in [0, 0.05) is 0 Å². The van der Waals surface area contributed by atoms with E-state index in [4.69, 9.17) is 0 Å². The molecule has 0 saturated carbocycles. The van der Waals surface area contributed by atoms with Crippen LogP contribution < -0.4 is 0 Å². The van der Waals surface area contributed by atoms with E-state index in [2.05, 4.69) is 84.0 Å². The van der Waals surface area contributed by atoms with Crippen LogP contribution in [0.25, 0.3) is 21.5 Å². The monoisotopic (exact) mass is 590 g/mol. The van der Waals surface area contributed by atoms with Gasteiger partial charge in [-0.3, -0.25) is 0 Å². The summed E-state index contributed by atoms with van der Waals surface area (Å²) in [6.07, 6.45) is -4.23. The summed E-state index contributed by atoms with van der Waals surface area (Å²) in [5.41, 5.74) is 3.24. The fraction of sp³-hybridized carbons (Fsp3) is 0.265. The number of hydrogen-bond donors (Lipinski definition) is 0. The van der Waals surface area contributed by atoms with Crippen molar-refractivity contribution in [1.82, 2.24) is 0 Å². The molecule has 5 aromatic carbocycles. The molecule has 0 aromatic heterocycles. The Labute approximate surface area is 239 Å². The molecular formula is C34H35F3Zr. The Kier molecular flexibility index (Phi) is 9.53. The van der Waals surface area contributed by atoms with Crippen molar-refractivity contribution in [2.45, 2.75) is 58.5 Å². The molecule has 0 N–H and O–H groups in total. The summed E-state index contributed by atoms with van der Waals surface area (Å²) in [6, 6.07) is 31.4. The minimum absolute atomic E-state index is 0.194. The van der Waals surface area contributed by atoms with Crippen LogP contribution in [0.5, 0.6) is 0 Å². The number of halogens is 3. The Hall–Kier alpha value is -2.58. The summed E-state index contributed by atoms with van der Waals surface area (Å²) < 4.78 is 38.0. The van der Waals surface area contributed by atoms with Gasteiger partial charge in [-0.15, -0.1) is 39.7 Å². The summed E-state index contributed by atoms with van der Waals surface area (Å²) in [4.78, 5) is 0. The maximum atomic E-state index is 12.1. The van der Waals surface area contributed by atoms with E-state index >= 15 is 0 Å². The third-order valence-electron chi connectivity index (χ3n) is 6.38. The van der Waals surface area contributed by atoms with Crippen LogP contribution in [0, 0.1) is 0 Å². The number of alkyl halides is 3. The normalized spacial score (nSPS) is 12.0. The van der Waals surface area contributed by atoms with Gasteiger partial charge in [0.2, 0.25) is 0 Å². The van der Waals surface area contributed by atoms with Crippen LogP contribution in [0.1, 0.15) is 63.8 Å². The van der Waals surface area contributed by atoms with E-state index in [1.54, 1.807) is 9.78 Å².